The van der Waals surface area contributed by atoms with Crippen LogP contribution in [0.15, 0.2) is 18.2 Å². The van der Waals surface area contributed by atoms with Crippen molar-refractivity contribution in [2.75, 3.05) is 26.3 Å². The molecule has 0 saturated heterocycles. The van der Waals surface area contributed by atoms with Crippen molar-refractivity contribution >= 4 is 11.8 Å². The van der Waals surface area contributed by atoms with Gasteiger partial charge in [-0.3, -0.25) is 9.59 Å². The van der Waals surface area contributed by atoms with Gasteiger partial charge in [0.05, 0.1) is 0 Å². The first kappa shape index (κ1) is 24.8. The molecular weight excluding hydrogens is 368 g/mol. The average Bonchev–Trinajstić information content (AvgIpc) is 2.71. The maximum absolute atomic E-state index is 11.9. The Balaban J connectivity index is 2.53. The first-order valence-corrected chi connectivity index (χ1v) is 10.8. The molecule has 0 atom stereocenters. The van der Waals surface area contributed by atoms with Crippen LogP contribution in [0.25, 0.3) is 0 Å². The normalized spacial score (nSPS) is 10.4. The van der Waals surface area contributed by atoms with Crippen LogP contribution in [0.4, 0.5) is 0 Å². The highest BCUT2D eigenvalue weighted by Crippen LogP contribution is 2.24. The fourth-order valence-electron chi connectivity index (χ4n) is 2.75. The van der Waals surface area contributed by atoms with Gasteiger partial charge in [0.2, 0.25) is 0 Å². The van der Waals surface area contributed by atoms with Crippen LogP contribution in [0.1, 0.15) is 64.4 Å². The van der Waals surface area contributed by atoms with E-state index in [0.29, 0.717) is 24.6 Å². The second-order valence-corrected chi connectivity index (χ2v) is 7.11. The second kappa shape index (κ2) is 15.7. The molecule has 2 N–H and O–H groups in total. The number of carbonyl (C=O) groups is 2. The summed E-state index contributed by atoms with van der Waals surface area (Å²) in [7, 11) is 0. The molecule has 1 aromatic rings. The molecule has 0 aliphatic heterocycles. The van der Waals surface area contributed by atoms with E-state index in [1.165, 1.54) is 0 Å². The zero-order valence-electron chi connectivity index (χ0n) is 18.1. The van der Waals surface area contributed by atoms with E-state index in [1.807, 2.05) is 12.1 Å². The van der Waals surface area contributed by atoms with Crippen molar-refractivity contribution in [1.82, 2.24) is 10.6 Å². The number of hydrogen-bond donors (Lipinski definition) is 2. The van der Waals surface area contributed by atoms with Gasteiger partial charge in [0.1, 0.15) is 11.5 Å². The average molecular weight is 406 g/mol. The van der Waals surface area contributed by atoms with Crippen molar-refractivity contribution in [2.45, 2.75) is 65.2 Å². The highest BCUT2D eigenvalue weighted by atomic mass is 16.5. The van der Waals surface area contributed by atoms with Gasteiger partial charge in [-0.1, -0.05) is 46.5 Å². The fourth-order valence-corrected chi connectivity index (χ4v) is 2.75. The summed E-state index contributed by atoms with van der Waals surface area (Å²) < 4.78 is 11.3. The molecular formula is C23H37N2O4. The minimum absolute atomic E-state index is 0.0443. The van der Waals surface area contributed by atoms with Gasteiger partial charge >= 0.3 is 0 Å². The van der Waals surface area contributed by atoms with Crippen molar-refractivity contribution in [3.63, 3.8) is 0 Å². The Morgan fingerprint density at radius 1 is 0.828 bits per heavy atom. The van der Waals surface area contributed by atoms with Crippen LogP contribution < -0.4 is 20.1 Å². The third-order valence-corrected chi connectivity index (χ3v) is 4.35. The zero-order chi connectivity index (χ0) is 21.3. The minimum Gasteiger partial charge on any atom is -0.484 e. The second-order valence-electron chi connectivity index (χ2n) is 7.11. The minimum atomic E-state index is -0.141. The molecule has 1 aromatic carbocycles. The zero-order valence-corrected chi connectivity index (χ0v) is 18.1. The van der Waals surface area contributed by atoms with Gasteiger partial charge in [0.25, 0.3) is 11.8 Å². The van der Waals surface area contributed by atoms with E-state index in [1.54, 1.807) is 6.07 Å². The Labute approximate surface area is 175 Å². The lowest BCUT2D eigenvalue weighted by atomic mass is 10.1. The summed E-state index contributed by atoms with van der Waals surface area (Å²) in [5, 5.41) is 5.71. The summed E-state index contributed by atoms with van der Waals surface area (Å²) >= 11 is 0. The van der Waals surface area contributed by atoms with Crippen LogP contribution in [-0.4, -0.2) is 38.1 Å². The Morgan fingerprint density at radius 3 is 1.72 bits per heavy atom. The molecule has 6 heteroatoms. The number of benzene rings is 1. The molecule has 0 fully saturated rings. The standard InChI is InChI=1S/C23H37N2O4/c1-4-7-9-12-24-22(26)17-28-20-14-19(11-6-3)15-21(16-20)29-18-23(27)25-13-10-8-5-2/h14-16H,3-13,17-18H2,1-2H3,(H,24,26)(H,25,27). The highest BCUT2D eigenvalue weighted by molar-refractivity contribution is 5.78. The molecule has 0 aromatic heterocycles. The SMILES string of the molecule is [CH2]CCc1cc(OCC(=O)NCCCCC)cc(OCC(=O)NCCCCC)c1. The topological polar surface area (TPSA) is 76.7 Å². The lowest BCUT2D eigenvalue weighted by Crippen LogP contribution is -2.30. The Morgan fingerprint density at radius 2 is 1.31 bits per heavy atom. The number of aryl methyl sites for hydroxylation is 1. The molecule has 1 radical (unpaired) electrons. The molecule has 6 nitrogen and oxygen atoms in total. The summed E-state index contributed by atoms with van der Waals surface area (Å²) in [5.41, 5.74) is 0.999. The molecule has 29 heavy (non-hydrogen) atoms. The molecule has 0 aliphatic carbocycles. The Hall–Kier alpha value is -2.24. The third kappa shape index (κ3) is 12.0. The maximum atomic E-state index is 11.9. The van der Waals surface area contributed by atoms with Gasteiger partial charge in [-0.15, -0.1) is 0 Å². The van der Waals surface area contributed by atoms with Crippen LogP contribution in [0.5, 0.6) is 11.5 Å². The number of amides is 2. The van der Waals surface area contributed by atoms with Crippen molar-refractivity contribution in [1.29, 1.82) is 0 Å². The van der Waals surface area contributed by atoms with Crippen molar-refractivity contribution < 1.29 is 19.1 Å². The van der Waals surface area contributed by atoms with Crippen LogP contribution in [-0.2, 0) is 16.0 Å². The van der Waals surface area contributed by atoms with Crippen LogP contribution in [0, 0.1) is 6.92 Å². The molecule has 1 rings (SSSR count). The van der Waals surface area contributed by atoms with Gasteiger partial charge in [-0.25, -0.2) is 0 Å². The van der Waals surface area contributed by atoms with Gasteiger partial charge in [0.15, 0.2) is 13.2 Å². The van der Waals surface area contributed by atoms with E-state index < -0.39 is 0 Å². The lowest BCUT2D eigenvalue weighted by molar-refractivity contribution is -0.123. The summed E-state index contributed by atoms with van der Waals surface area (Å²) in [6.07, 6.45) is 7.87. The van der Waals surface area contributed by atoms with Gasteiger partial charge < -0.3 is 20.1 Å². The van der Waals surface area contributed by atoms with E-state index in [2.05, 4.69) is 31.4 Å². The summed E-state index contributed by atoms with van der Waals surface area (Å²) in [5.74, 6) is 0.825. The quantitative estimate of drug-likeness (QED) is 0.410. The first-order valence-electron chi connectivity index (χ1n) is 10.8. The van der Waals surface area contributed by atoms with E-state index >= 15 is 0 Å². The summed E-state index contributed by atoms with van der Waals surface area (Å²) in [4.78, 5) is 23.8. The molecule has 0 bridgehead atoms. The van der Waals surface area contributed by atoms with Crippen molar-refractivity contribution in [2.24, 2.45) is 0 Å². The van der Waals surface area contributed by atoms with Gasteiger partial charge in [-0.05, 0) is 43.4 Å². The molecule has 0 heterocycles. The number of unbranched alkanes of at least 4 members (excludes halogenated alkanes) is 4. The Bertz CT molecular complexity index is 558. The third-order valence-electron chi connectivity index (χ3n) is 4.35. The fraction of sp³-hybridized carbons (Fsp3) is 0.609. The highest BCUT2D eigenvalue weighted by Gasteiger charge is 2.08. The van der Waals surface area contributed by atoms with Crippen molar-refractivity contribution in [3.8, 4) is 11.5 Å². The molecule has 0 spiro atoms. The van der Waals surface area contributed by atoms with Crippen LogP contribution >= 0.6 is 0 Å². The smallest absolute Gasteiger partial charge is 0.257 e. The number of nitrogens with one attached hydrogen (secondary N) is 2. The molecule has 2 amide bonds. The predicted octanol–water partition coefficient (Wildman–Crippen LogP) is 3.82. The van der Waals surface area contributed by atoms with E-state index in [0.717, 1.165) is 56.9 Å². The van der Waals surface area contributed by atoms with Crippen LogP contribution in [0.2, 0.25) is 0 Å². The predicted molar refractivity (Wildman–Crippen MR) is 116 cm³/mol. The van der Waals surface area contributed by atoms with E-state index in [9.17, 15) is 9.59 Å². The number of carbonyl (C=O) groups excluding carboxylic acids is 2. The maximum Gasteiger partial charge on any atom is 0.257 e. The monoisotopic (exact) mass is 405 g/mol. The van der Waals surface area contributed by atoms with Gasteiger partial charge in [0, 0.05) is 19.2 Å². The molecule has 0 unspecified atom stereocenters. The molecule has 0 saturated carbocycles. The summed E-state index contributed by atoms with van der Waals surface area (Å²) in [6, 6.07) is 5.47. The summed E-state index contributed by atoms with van der Waals surface area (Å²) in [6.45, 7) is 9.37. The van der Waals surface area contributed by atoms with E-state index in [-0.39, 0.29) is 25.0 Å². The Kier molecular flexibility index (Phi) is 13.4. The molecule has 0 aliphatic rings. The van der Waals surface area contributed by atoms with E-state index in [4.69, 9.17) is 9.47 Å². The number of rotatable bonds is 16. The van der Waals surface area contributed by atoms with Gasteiger partial charge in [-0.2, -0.15) is 0 Å². The first-order chi connectivity index (χ1) is 14.1. The van der Waals surface area contributed by atoms with Crippen molar-refractivity contribution in [3.05, 3.63) is 30.7 Å². The number of hydrogen-bond acceptors (Lipinski definition) is 4. The van der Waals surface area contributed by atoms with Crippen LogP contribution in [0.3, 0.4) is 0 Å². The number of ether oxygens (including phenoxy) is 2. The lowest BCUT2D eigenvalue weighted by Gasteiger charge is -2.12. The largest absolute Gasteiger partial charge is 0.484 e. The molecule has 163 valence electrons.